The van der Waals surface area contributed by atoms with Crippen LogP contribution in [0.25, 0.3) is 0 Å². The molecule has 84 valence electrons. The van der Waals surface area contributed by atoms with Gasteiger partial charge in [0, 0.05) is 23.6 Å². The minimum Gasteiger partial charge on any atom is -0.318 e. The van der Waals surface area contributed by atoms with Gasteiger partial charge in [-0.3, -0.25) is 0 Å². The minimum atomic E-state index is -0.206. The predicted octanol–water partition coefficient (Wildman–Crippen LogP) is 2.29. The van der Waals surface area contributed by atoms with E-state index in [9.17, 15) is 4.39 Å². The van der Waals surface area contributed by atoms with Crippen LogP contribution in [0.2, 0.25) is 0 Å². The van der Waals surface area contributed by atoms with Crippen molar-refractivity contribution in [1.82, 2.24) is 10.6 Å². The topological polar surface area (TPSA) is 24.1 Å². The Kier molecular flexibility index (Phi) is 5.22. The summed E-state index contributed by atoms with van der Waals surface area (Å²) < 4.78 is 13.8. The molecule has 0 aromatic heterocycles. The summed E-state index contributed by atoms with van der Waals surface area (Å²) in [5.74, 6) is -0.206. The molecule has 0 saturated carbocycles. The second-order valence-electron chi connectivity index (χ2n) is 3.62. The summed E-state index contributed by atoms with van der Waals surface area (Å²) in [5, 5.41) is 6.38. The van der Waals surface area contributed by atoms with E-state index in [1.54, 1.807) is 6.07 Å². The maximum absolute atomic E-state index is 13.0. The van der Waals surface area contributed by atoms with Crippen LogP contribution in [0.1, 0.15) is 12.5 Å². The van der Waals surface area contributed by atoms with Crippen LogP contribution in [-0.4, -0.2) is 19.6 Å². The fourth-order valence-corrected chi connectivity index (χ4v) is 1.90. The molecule has 0 heterocycles. The third-order valence-electron chi connectivity index (χ3n) is 2.09. The van der Waals surface area contributed by atoms with E-state index in [4.69, 9.17) is 0 Å². The van der Waals surface area contributed by atoms with Crippen molar-refractivity contribution in [2.75, 3.05) is 13.6 Å². The molecule has 2 nitrogen and oxygen atoms in total. The van der Waals surface area contributed by atoms with E-state index in [1.165, 1.54) is 6.07 Å². The van der Waals surface area contributed by atoms with Gasteiger partial charge in [0.1, 0.15) is 5.82 Å². The number of benzene rings is 1. The summed E-state index contributed by atoms with van der Waals surface area (Å²) >= 11 is 3.27. The molecule has 0 fully saturated rings. The lowest BCUT2D eigenvalue weighted by Crippen LogP contribution is -2.34. The second kappa shape index (κ2) is 6.20. The Labute approximate surface area is 98.4 Å². The molecule has 0 amide bonds. The smallest absolute Gasteiger partial charge is 0.124 e. The molecule has 0 radical (unpaired) electrons. The summed E-state index contributed by atoms with van der Waals surface area (Å²) in [5.41, 5.74) is 0.949. The first-order chi connectivity index (χ1) is 7.11. The van der Waals surface area contributed by atoms with Gasteiger partial charge in [0.15, 0.2) is 0 Å². The first kappa shape index (κ1) is 12.6. The van der Waals surface area contributed by atoms with Crippen molar-refractivity contribution >= 4 is 15.9 Å². The highest BCUT2D eigenvalue weighted by molar-refractivity contribution is 9.10. The van der Waals surface area contributed by atoms with Gasteiger partial charge >= 0.3 is 0 Å². The molecule has 1 aromatic rings. The average molecular weight is 275 g/mol. The third-order valence-corrected chi connectivity index (χ3v) is 2.55. The van der Waals surface area contributed by atoms with Crippen molar-refractivity contribution in [2.24, 2.45) is 0 Å². The van der Waals surface area contributed by atoms with Crippen molar-refractivity contribution in [1.29, 1.82) is 0 Å². The fraction of sp³-hybridized carbons (Fsp3) is 0.455. The van der Waals surface area contributed by atoms with Crippen LogP contribution in [0.15, 0.2) is 22.7 Å². The van der Waals surface area contributed by atoms with Crippen LogP contribution in [0.3, 0.4) is 0 Å². The lowest BCUT2D eigenvalue weighted by Gasteiger charge is -2.13. The molecule has 1 rings (SSSR count). The van der Waals surface area contributed by atoms with Crippen molar-refractivity contribution in [3.63, 3.8) is 0 Å². The summed E-state index contributed by atoms with van der Waals surface area (Å²) in [6.07, 6.45) is 0. The normalized spacial score (nSPS) is 12.8. The lowest BCUT2D eigenvalue weighted by molar-refractivity contribution is 0.521. The van der Waals surface area contributed by atoms with Crippen LogP contribution >= 0.6 is 15.9 Å². The van der Waals surface area contributed by atoms with E-state index in [1.807, 2.05) is 13.1 Å². The van der Waals surface area contributed by atoms with Crippen LogP contribution in [0.5, 0.6) is 0 Å². The molecule has 0 aliphatic heterocycles. The number of rotatable bonds is 5. The standard InChI is InChI=1S/C11H16BrFN2/c1-8(6-14-2)15-7-9-3-10(12)5-11(13)4-9/h3-5,8,14-15H,6-7H2,1-2H3. The average Bonchev–Trinajstić information content (AvgIpc) is 2.14. The molecule has 1 unspecified atom stereocenters. The van der Waals surface area contributed by atoms with Gasteiger partial charge in [-0.15, -0.1) is 0 Å². The van der Waals surface area contributed by atoms with E-state index >= 15 is 0 Å². The number of hydrogen-bond acceptors (Lipinski definition) is 2. The molecule has 0 aliphatic carbocycles. The number of likely N-dealkylation sites (N-methyl/N-ethyl adjacent to an activating group) is 1. The van der Waals surface area contributed by atoms with E-state index < -0.39 is 0 Å². The van der Waals surface area contributed by atoms with Crippen molar-refractivity contribution in [2.45, 2.75) is 19.5 Å². The zero-order valence-corrected chi connectivity index (χ0v) is 10.6. The van der Waals surface area contributed by atoms with Gasteiger partial charge in [-0.05, 0) is 37.7 Å². The Balaban J connectivity index is 2.50. The molecule has 4 heteroatoms. The van der Waals surface area contributed by atoms with Crippen molar-refractivity contribution in [3.8, 4) is 0 Å². The van der Waals surface area contributed by atoms with Crippen LogP contribution in [0, 0.1) is 5.82 Å². The molecular formula is C11H16BrFN2. The molecule has 2 N–H and O–H groups in total. The van der Waals surface area contributed by atoms with Gasteiger partial charge in [-0.1, -0.05) is 15.9 Å². The summed E-state index contributed by atoms with van der Waals surface area (Å²) in [7, 11) is 1.91. The SMILES string of the molecule is CNCC(C)NCc1cc(F)cc(Br)c1. The summed E-state index contributed by atoms with van der Waals surface area (Å²) in [4.78, 5) is 0. The predicted molar refractivity (Wildman–Crippen MR) is 64.3 cm³/mol. The molecule has 1 aromatic carbocycles. The largest absolute Gasteiger partial charge is 0.318 e. The zero-order valence-electron chi connectivity index (χ0n) is 8.98. The van der Waals surface area contributed by atoms with E-state index in [-0.39, 0.29) is 5.82 Å². The Morgan fingerprint density at radius 2 is 2.13 bits per heavy atom. The van der Waals surface area contributed by atoms with Crippen LogP contribution in [0.4, 0.5) is 4.39 Å². The first-order valence-electron chi connectivity index (χ1n) is 4.94. The zero-order chi connectivity index (χ0) is 11.3. The highest BCUT2D eigenvalue weighted by Crippen LogP contribution is 2.14. The Morgan fingerprint density at radius 1 is 1.40 bits per heavy atom. The van der Waals surface area contributed by atoms with E-state index in [0.29, 0.717) is 12.6 Å². The van der Waals surface area contributed by atoms with Crippen LogP contribution in [-0.2, 0) is 6.54 Å². The second-order valence-corrected chi connectivity index (χ2v) is 4.53. The van der Waals surface area contributed by atoms with E-state index in [0.717, 1.165) is 16.6 Å². The van der Waals surface area contributed by atoms with Gasteiger partial charge in [0.05, 0.1) is 0 Å². The molecule has 0 bridgehead atoms. The molecule has 15 heavy (non-hydrogen) atoms. The molecule has 0 saturated heterocycles. The molecule has 0 spiro atoms. The summed E-state index contributed by atoms with van der Waals surface area (Å²) in [6.45, 7) is 3.67. The van der Waals surface area contributed by atoms with E-state index in [2.05, 4.69) is 33.5 Å². The van der Waals surface area contributed by atoms with Gasteiger partial charge in [0.25, 0.3) is 0 Å². The van der Waals surface area contributed by atoms with Gasteiger partial charge < -0.3 is 10.6 Å². The number of nitrogens with one attached hydrogen (secondary N) is 2. The maximum Gasteiger partial charge on any atom is 0.124 e. The van der Waals surface area contributed by atoms with Gasteiger partial charge in [-0.2, -0.15) is 0 Å². The van der Waals surface area contributed by atoms with Gasteiger partial charge in [0.2, 0.25) is 0 Å². The monoisotopic (exact) mass is 274 g/mol. The molecular weight excluding hydrogens is 259 g/mol. The third kappa shape index (κ3) is 4.73. The highest BCUT2D eigenvalue weighted by atomic mass is 79.9. The van der Waals surface area contributed by atoms with Crippen molar-refractivity contribution in [3.05, 3.63) is 34.1 Å². The number of halogens is 2. The molecule has 0 aliphatic rings. The Morgan fingerprint density at radius 3 is 2.73 bits per heavy atom. The summed E-state index contributed by atoms with van der Waals surface area (Å²) in [6, 6.07) is 5.30. The van der Waals surface area contributed by atoms with Crippen molar-refractivity contribution < 1.29 is 4.39 Å². The van der Waals surface area contributed by atoms with Crippen LogP contribution < -0.4 is 10.6 Å². The minimum absolute atomic E-state index is 0.206. The molecule has 1 atom stereocenters. The lowest BCUT2D eigenvalue weighted by atomic mass is 10.2. The fourth-order valence-electron chi connectivity index (χ4n) is 1.38. The first-order valence-corrected chi connectivity index (χ1v) is 5.74. The quantitative estimate of drug-likeness (QED) is 0.861. The Bertz CT molecular complexity index is 297. The Hall–Kier alpha value is -0.450. The van der Waals surface area contributed by atoms with Gasteiger partial charge in [-0.25, -0.2) is 4.39 Å². The number of hydrogen-bond donors (Lipinski definition) is 2. The highest BCUT2D eigenvalue weighted by Gasteiger charge is 2.02. The maximum atomic E-state index is 13.0.